The van der Waals surface area contributed by atoms with E-state index in [-0.39, 0.29) is 6.03 Å². The molecule has 0 radical (unpaired) electrons. The zero-order valence-electron chi connectivity index (χ0n) is 13.7. The Balaban J connectivity index is 1.67. The monoisotopic (exact) mass is 305 g/mol. The smallest absolute Gasteiger partial charge is 0.317 e. The normalized spacial score (nSPS) is 15.6. The molecule has 0 aromatic heterocycles. The first-order chi connectivity index (χ1) is 10.7. The Labute approximate surface area is 133 Å². The first-order valence-electron chi connectivity index (χ1n) is 8.11. The van der Waals surface area contributed by atoms with Crippen LogP contribution in [0.3, 0.4) is 0 Å². The number of carbonyl (C=O) groups is 1. The topological polar surface area (TPSA) is 44.8 Å². The van der Waals surface area contributed by atoms with Crippen LogP contribution in [0.2, 0.25) is 0 Å². The highest BCUT2D eigenvalue weighted by atomic mass is 16.5. The van der Waals surface area contributed by atoms with Crippen LogP contribution in [0.5, 0.6) is 5.75 Å². The molecular formula is C17H27N3O2. The number of carbonyl (C=O) groups excluding carboxylic acids is 1. The van der Waals surface area contributed by atoms with E-state index in [0.717, 1.165) is 44.9 Å². The van der Waals surface area contributed by atoms with Crippen molar-refractivity contribution in [3.8, 4) is 5.75 Å². The van der Waals surface area contributed by atoms with Crippen molar-refractivity contribution in [3.63, 3.8) is 0 Å². The molecule has 1 N–H and O–H groups in total. The van der Waals surface area contributed by atoms with Crippen LogP contribution >= 0.6 is 0 Å². The Bertz CT molecular complexity index is 453. The van der Waals surface area contributed by atoms with Gasteiger partial charge in [0.1, 0.15) is 5.75 Å². The van der Waals surface area contributed by atoms with Crippen molar-refractivity contribution in [3.05, 3.63) is 29.8 Å². The van der Waals surface area contributed by atoms with E-state index in [1.807, 2.05) is 29.2 Å². The van der Waals surface area contributed by atoms with Crippen LogP contribution in [0.15, 0.2) is 24.3 Å². The van der Waals surface area contributed by atoms with Gasteiger partial charge in [-0.15, -0.1) is 0 Å². The number of piperazine rings is 1. The van der Waals surface area contributed by atoms with Gasteiger partial charge in [-0.25, -0.2) is 4.79 Å². The molecule has 1 aromatic rings. The predicted octanol–water partition coefficient (Wildman–Crippen LogP) is 1.97. The zero-order valence-corrected chi connectivity index (χ0v) is 13.7. The lowest BCUT2D eigenvalue weighted by Gasteiger charge is -2.34. The number of urea groups is 1. The van der Waals surface area contributed by atoms with Gasteiger partial charge in [-0.1, -0.05) is 19.1 Å². The Morgan fingerprint density at radius 1 is 1.18 bits per heavy atom. The standard InChI is InChI=1S/C17H27N3O2/c1-3-10-19-11-13-20(14-12-19)17(21)18-9-8-15-4-6-16(22-2)7-5-15/h4-7H,3,8-14H2,1-2H3,(H,18,21). The average Bonchev–Trinajstić information content (AvgIpc) is 2.56. The minimum atomic E-state index is 0.0599. The van der Waals surface area contributed by atoms with E-state index in [0.29, 0.717) is 6.54 Å². The number of hydrogen-bond acceptors (Lipinski definition) is 3. The first-order valence-corrected chi connectivity index (χ1v) is 8.11. The maximum Gasteiger partial charge on any atom is 0.317 e. The molecule has 2 rings (SSSR count). The molecule has 0 saturated carbocycles. The quantitative estimate of drug-likeness (QED) is 0.874. The van der Waals surface area contributed by atoms with Crippen molar-refractivity contribution in [2.45, 2.75) is 19.8 Å². The number of amides is 2. The third-order valence-electron chi connectivity index (χ3n) is 4.05. The largest absolute Gasteiger partial charge is 0.497 e. The van der Waals surface area contributed by atoms with Gasteiger partial charge in [-0.2, -0.15) is 0 Å². The molecule has 0 bridgehead atoms. The second-order valence-electron chi connectivity index (χ2n) is 5.66. The summed E-state index contributed by atoms with van der Waals surface area (Å²) in [7, 11) is 1.66. The van der Waals surface area contributed by atoms with E-state index in [9.17, 15) is 4.79 Å². The Morgan fingerprint density at radius 2 is 1.86 bits per heavy atom. The molecular weight excluding hydrogens is 278 g/mol. The molecule has 1 fully saturated rings. The molecule has 22 heavy (non-hydrogen) atoms. The number of ether oxygens (including phenoxy) is 1. The van der Waals surface area contributed by atoms with Crippen LogP contribution in [0.25, 0.3) is 0 Å². The summed E-state index contributed by atoms with van der Waals surface area (Å²) >= 11 is 0. The highest BCUT2D eigenvalue weighted by molar-refractivity contribution is 5.74. The van der Waals surface area contributed by atoms with E-state index in [4.69, 9.17) is 4.74 Å². The van der Waals surface area contributed by atoms with Crippen molar-refractivity contribution < 1.29 is 9.53 Å². The van der Waals surface area contributed by atoms with E-state index in [1.165, 1.54) is 12.0 Å². The molecule has 5 heteroatoms. The molecule has 0 unspecified atom stereocenters. The third-order valence-corrected chi connectivity index (χ3v) is 4.05. The van der Waals surface area contributed by atoms with Gasteiger partial charge in [0.2, 0.25) is 0 Å². The maximum atomic E-state index is 12.1. The van der Waals surface area contributed by atoms with Gasteiger partial charge in [-0.05, 0) is 37.1 Å². The van der Waals surface area contributed by atoms with Gasteiger partial charge in [0.05, 0.1) is 7.11 Å². The highest BCUT2D eigenvalue weighted by Gasteiger charge is 2.19. The van der Waals surface area contributed by atoms with Gasteiger partial charge < -0.3 is 15.0 Å². The van der Waals surface area contributed by atoms with Crippen molar-refractivity contribution in [1.29, 1.82) is 0 Å². The third kappa shape index (κ3) is 4.91. The van der Waals surface area contributed by atoms with Gasteiger partial charge >= 0.3 is 6.03 Å². The fraction of sp³-hybridized carbons (Fsp3) is 0.588. The second-order valence-corrected chi connectivity index (χ2v) is 5.66. The number of benzene rings is 1. The van der Waals surface area contributed by atoms with Crippen LogP contribution < -0.4 is 10.1 Å². The summed E-state index contributed by atoms with van der Waals surface area (Å²) in [4.78, 5) is 16.5. The van der Waals surface area contributed by atoms with Crippen LogP contribution in [-0.4, -0.2) is 62.2 Å². The summed E-state index contributed by atoms with van der Waals surface area (Å²) in [5, 5.41) is 3.01. The summed E-state index contributed by atoms with van der Waals surface area (Å²) in [5.74, 6) is 0.859. The maximum absolute atomic E-state index is 12.1. The van der Waals surface area contributed by atoms with Crippen molar-refractivity contribution in [1.82, 2.24) is 15.1 Å². The lowest BCUT2D eigenvalue weighted by molar-refractivity contribution is 0.139. The summed E-state index contributed by atoms with van der Waals surface area (Å²) in [6.07, 6.45) is 2.01. The van der Waals surface area contributed by atoms with Crippen molar-refractivity contribution in [2.75, 3.05) is 46.4 Å². The Kier molecular flexibility index (Phi) is 6.52. The number of nitrogens with zero attached hydrogens (tertiary/aromatic N) is 2. The van der Waals surface area contributed by atoms with Gasteiger partial charge in [0.15, 0.2) is 0 Å². The molecule has 1 aliphatic heterocycles. The molecule has 1 aliphatic rings. The minimum absolute atomic E-state index is 0.0599. The van der Waals surface area contributed by atoms with Crippen molar-refractivity contribution in [2.24, 2.45) is 0 Å². The lowest BCUT2D eigenvalue weighted by atomic mass is 10.1. The van der Waals surface area contributed by atoms with Crippen LogP contribution in [0.1, 0.15) is 18.9 Å². The second kappa shape index (κ2) is 8.63. The Morgan fingerprint density at radius 3 is 2.45 bits per heavy atom. The molecule has 1 aromatic carbocycles. The summed E-state index contributed by atoms with van der Waals surface area (Å²) in [5.41, 5.74) is 1.20. The molecule has 5 nitrogen and oxygen atoms in total. The van der Waals surface area contributed by atoms with E-state index in [2.05, 4.69) is 17.1 Å². The number of methoxy groups -OCH3 is 1. The van der Waals surface area contributed by atoms with Gasteiger partial charge in [0.25, 0.3) is 0 Å². The first kappa shape index (κ1) is 16.6. The fourth-order valence-corrected chi connectivity index (χ4v) is 2.71. The van der Waals surface area contributed by atoms with Crippen LogP contribution in [0.4, 0.5) is 4.79 Å². The minimum Gasteiger partial charge on any atom is -0.497 e. The van der Waals surface area contributed by atoms with E-state index >= 15 is 0 Å². The van der Waals surface area contributed by atoms with Gasteiger partial charge in [0, 0.05) is 32.7 Å². The molecule has 2 amide bonds. The summed E-state index contributed by atoms with van der Waals surface area (Å²) in [6.45, 7) is 7.62. The molecule has 0 aliphatic carbocycles. The number of rotatable bonds is 6. The summed E-state index contributed by atoms with van der Waals surface area (Å²) < 4.78 is 5.14. The van der Waals surface area contributed by atoms with E-state index in [1.54, 1.807) is 7.11 Å². The van der Waals surface area contributed by atoms with Crippen LogP contribution in [-0.2, 0) is 6.42 Å². The molecule has 1 saturated heterocycles. The van der Waals surface area contributed by atoms with E-state index < -0.39 is 0 Å². The molecule has 0 atom stereocenters. The number of hydrogen-bond donors (Lipinski definition) is 1. The zero-order chi connectivity index (χ0) is 15.8. The number of nitrogens with one attached hydrogen (secondary N) is 1. The van der Waals surface area contributed by atoms with Crippen LogP contribution in [0, 0.1) is 0 Å². The predicted molar refractivity (Wildman–Crippen MR) is 88.4 cm³/mol. The average molecular weight is 305 g/mol. The van der Waals surface area contributed by atoms with Gasteiger partial charge in [-0.3, -0.25) is 4.90 Å². The Hall–Kier alpha value is -1.75. The fourth-order valence-electron chi connectivity index (χ4n) is 2.71. The highest BCUT2D eigenvalue weighted by Crippen LogP contribution is 2.11. The SMILES string of the molecule is CCCN1CCN(C(=O)NCCc2ccc(OC)cc2)CC1. The molecule has 0 spiro atoms. The molecule has 1 heterocycles. The van der Waals surface area contributed by atoms with Crippen molar-refractivity contribution >= 4 is 6.03 Å². The summed E-state index contributed by atoms with van der Waals surface area (Å²) in [6, 6.07) is 8.03. The lowest BCUT2D eigenvalue weighted by Crippen LogP contribution is -2.52. The molecule has 122 valence electrons.